The highest BCUT2D eigenvalue weighted by molar-refractivity contribution is 9.10. The highest BCUT2D eigenvalue weighted by Gasteiger charge is 2.13. The van der Waals surface area contributed by atoms with Crippen molar-refractivity contribution in [1.29, 1.82) is 0 Å². The van der Waals surface area contributed by atoms with Crippen LogP contribution in [-0.2, 0) is 9.59 Å². The average molecular weight is 320 g/mol. The van der Waals surface area contributed by atoms with E-state index in [9.17, 15) is 14.0 Å². The van der Waals surface area contributed by atoms with Crippen LogP contribution in [0.3, 0.4) is 0 Å². The molecule has 7 heteroatoms. The van der Waals surface area contributed by atoms with Crippen LogP contribution in [0, 0.1) is 5.82 Å². The molecular weight excluding hydrogens is 309 g/mol. The molecule has 0 fully saturated rings. The van der Waals surface area contributed by atoms with E-state index >= 15 is 0 Å². The molecule has 0 aliphatic rings. The first kappa shape index (κ1) is 14.4. The Hall–Kier alpha value is -1.63. The molecule has 1 amide bonds. The zero-order valence-electron chi connectivity index (χ0n) is 9.52. The molecule has 0 atom stereocenters. The predicted molar refractivity (Wildman–Crippen MR) is 64.9 cm³/mol. The third-order valence-corrected chi connectivity index (χ3v) is 2.54. The van der Waals surface area contributed by atoms with Gasteiger partial charge in [0.15, 0.2) is 18.2 Å². The van der Waals surface area contributed by atoms with Crippen molar-refractivity contribution < 1.29 is 23.8 Å². The summed E-state index contributed by atoms with van der Waals surface area (Å²) in [5.74, 6) is -2.33. The quantitative estimate of drug-likeness (QED) is 0.893. The highest BCUT2D eigenvalue weighted by atomic mass is 79.9. The van der Waals surface area contributed by atoms with Gasteiger partial charge in [-0.15, -0.1) is 0 Å². The van der Waals surface area contributed by atoms with Crippen LogP contribution < -0.4 is 4.74 Å². The van der Waals surface area contributed by atoms with Crippen LogP contribution in [0.4, 0.5) is 4.39 Å². The standard InChI is InChI=1S/C11H11BrFNO4/c1-14(5-11(16)17)10(15)6-18-9-3-2-7(12)4-8(9)13/h2-4H,5-6H2,1H3,(H,16,17). The number of hydrogen-bond acceptors (Lipinski definition) is 3. The Morgan fingerprint density at radius 2 is 2.17 bits per heavy atom. The number of ether oxygens (including phenoxy) is 1. The molecule has 0 heterocycles. The van der Waals surface area contributed by atoms with E-state index in [1.807, 2.05) is 0 Å². The Morgan fingerprint density at radius 1 is 1.50 bits per heavy atom. The Kier molecular flexibility index (Phi) is 5.08. The second kappa shape index (κ2) is 6.34. The third kappa shape index (κ3) is 4.33. The van der Waals surface area contributed by atoms with Gasteiger partial charge >= 0.3 is 5.97 Å². The van der Waals surface area contributed by atoms with Crippen molar-refractivity contribution in [3.05, 3.63) is 28.5 Å². The van der Waals surface area contributed by atoms with Crippen molar-refractivity contribution in [3.8, 4) is 5.75 Å². The number of halogens is 2. The summed E-state index contributed by atoms with van der Waals surface area (Å²) in [5.41, 5.74) is 0. The molecule has 1 aromatic rings. The van der Waals surface area contributed by atoms with Crippen molar-refractivity contribution in [2.75, 3.05) is 20.2 Å². The van der Waals surface area contributed by atoms with Gasteiger partial charge in [-0.3, -0.25) is 9.59 Å². The van der Waals surface area contributed by atoms with Gasteiger partial charge in [0.05, 0.1) is 0 Å². The molecular formula is C11H11BrFNO4. The van der Waals surface area contributed by atoms with Gasteiger partial charge in [0, 0.05) is 11.5 Å². The highest BCUT2D eigenvalue weighted by Crippen LogP contribution is 2.21. The second-order valence-electron chi connectivity index (χ2n) is 3.51. The molecule has 18 heavy (non-hydrogen) atoms. The number of nitrogens with zero attached hydrogens (tertiary/aromatic N) is 1. The number of rotatable bonds is 5. The van der Waals surface area contributed by atoms with E-state index in [1.54, 1.807) is 6.07 Å². The third-order valence-electron chi connectivity index (χ3n) is 2.04. The first-order valence-corrected chi connectivity index (χ1v) is 5.73. The molecule has 1 aromatic carbocycles. The minimum atomic E-state index is -1.12. The van der Waals surface area contributed by atoms with Crippen LogP contribution >= 0.6 is 15.9 Å². The molecule has 0 aliphatic carbocycles. The van der Waals surface area contributed by atoms with Crippen molar-refractivity contribution in [2.24, 2.45) is 0 Å². The molecule has 1 N–H and O–H groups in total. The van der Waals surface area contributed by atoms with Gasteiger partial charge in [0.2, 0.25) is 0 Å². The molecule has 0 saturated carbocycles. The van der Waals surface area contributed by atoms with E-state index in [-0.39, 0.29) is 5.75 Å². The smallest absolute Gasteiger partial charge is 0.323 e. The first-order valence-electron chi connectivity index (χ1n) is 4.93. The monoisotopic (exact) mass is 319 g/mol. The van der Waals surface area contributed by atoms with Gasteiger partial charge in [-0.25, -0.2) is 4.39 Å². The minimum Gasteiger partial charge on any atom is -0.481 e. The maximum absolute atomic E-state index is 13.3. The van der Waals surface area contributed by atoms with Gasteiger partial charge in [-0.2, -0.15) is 0 Å². The van der Waals surface area contributed by atoms with E-state index in [0.717, 1.165) is 4.90 Å². The molecule has 0 saturated heterocycles. The fourth-order valence-corrected chi connectivity index (χ4v) is 1.47. The van der Waals surface area contributed by atoms with E-state index in [4.69, 9.17) is 9.84 Å². The molecule has 98 valence electrons. The largest absolute Gasteiger partial charge is 0.481 e. The lowest BCUT2D eigenvalue weighted by Gasteiger charge is -2.15. The van der Waals surface area contributed by atoms with E-state index in [2.05, 4.69) is 15.9 Å². The van der Waals surface area contributed by atoms with Crippen LogP contribution in [0.2, 0.25) is 0 Å². The zero-order valence-corrected chi connectivity index (χ0v) is 11.1. The fourth-order valence-electron chi connectivity index (χ4n) is 1.13. The molecule has 5 nitrogen and oxygen atoms in total. The summed E-state index contributed by atoms with van der Waals surface area (Å²) in [4.78, 5) is 22.8. The summed E-state index contributed by atoms with van der Waals surface area (Å²) in [6, 6.07) is 4.16. The Balaban J connectivity index is 2.54. The van der Waals surface area contributed by atoms with Gasteiger partial charge in [0.25, 0.3) is 5.91 Å². The maximum Gasteiger partial charge on any atom is 0.323 e. The number of amides is 1. The van der Waals surface area contributed by atoms with Gasteiger partial charge in [0.1, 0.15) is 6.54 Å². The first-order chi connectivity index (χ1) is 8.40. The van der Waals surface area contributed by atoms with Gasteiger partial charge < -0.3 is 14.7 Å². The minimum absolute atomic E-state index is 0.0599. The van der Waals surface area contributed by atoms with E-state index < -0.39 is 30.8 Å². The number of carbonyl (C=O) groups excluding carboxylic acids is 1. The Bertz CT molecular complexity index is 466. The average Bonchev–Trinajstić information content (AvgIpc) is 2.26. The fraction of sp³-hybridized carbons (Fsp3) is 0.273. The van der Waals surface area contributed by atoms with Crippen molar-refractivity contribution in [2.45, 2.75) is 0 Å². The molecule has 0 aromatic heterocycles. The predicted octanol–water partition coefficient (Wildman–Crippen LogP) is 1.51. The van der Waals surface area contributed by atoms with Crippen molar-refractivity contribution in [3.63, 3.8) is 0 Å². The van der Waals surface area contributed by atoms with E-state index in [0.29, 0.717) is 4.47 Å². The lowest BCUT2D eigenvalue weighted by molar-refractivity contribution is -0.144. The summed E-state index contributed by atoms with van der Waals surface area (Å²) >= 11 is 3.09. The summed E-state index contributed by atoms with van der Waals surface area (Å²) in [6.45, 7) is -0.840. The molecule has 1 rings (SSSR count). The Labute approximate surface area is 111 Å². The number of hydrogen-bond donors (Lipinski definition) is 1. The lowest BCUT2D eigenvalue weighted by Crippen LogP contribution is -2.35. The lowest BCUT2D eigenvalue weighted by atomic mass is 10.3. The van der Waals surface area contributed by atoms with Gasteiger partial charge in [-0.1, -0.05) is 15.9 Å². The second-order valence-corrected chi connectivity index (χ2v) is 4.42. The number of benzene rings is 1. The maximum atomic E-state index is 13.3. The van der Waals surface area contributed by atoms with Gasteiger partial charge in [-0.05, 0) is 18.2 Å². The van der Waals surface area contributed by atoms with Crippen LogP contribution in [-0.4, -0.2) is 42.1 Å². The number of aliphatic carboxylic acids is 1. The van der Waals surface area contributed by atoms with Crippen molar-refractivity contribution >= 4 is 27.8 Å². The number of carboxylic acid groups (broad SMARTS) is 1. The Morgan fingerprint density at radius 3 is 2.72 bits per heavy atom. The summed E-state index contributed by atoms with van der Waals surface area (Å²) in [6.07, 6.45) is 0. The SMILES string of the molecule is CN(CC(=O)O)C(=O)COc1ccc(Br)cc1F. The molecule has 0 aliphatic heterocycles. The zero-order chi connectivity index (χ0) is 13.7. The number of likely N-dealkylation sites (N-methyl/N-ethyl adjacent to an activating group) is 1. The molecule has 0 bridgehead atoms. The van der Waals surface area contributed by atoms with Crippen LogP contribution in [0.25, 0.3) is 0 Å². The summed E-state index contributed by atoms with van der Waals surface area (Å²) in [5, 5.41) is 8.49. The van der Waals surface area contributed by atoms with Crippen LogP contribution in [0.5, 0.6) is 5.75 Å². The summed E-state index contributed by atoms with van der Waals surface area (Å²) in [7, 11) is 1.33. The normalized spacial score (nSPS) is 9.94. The van der Waals surface area contributed by atoms with E-state index in [1.165, 1.54) is 19.2 Å². The number of carboxylic acids is 1. The number of carbonyl (C=O) groups is 2. The molecule has 0 radical (unpaired) electrons. The van der Waals surface area contributed by atoms with Crippen LogP contribution in [0.15, 0.2) is 22.7 Å². The van der Waals surface area contributed by atoms with Crippen molar-refractivity contribution in [1.82, 2.24) is 4.90 Å². The topological polar surface area (TPSA) is 66.8 Å². The summed E-state index contributed by atoms with van der Waals surface area (Å²) < 4.78 is 18.9. The molecule has 0 unspecified atom stereocenters. The molecule has 0 spiro atoms. The van der Waals surface area contributed by atoms with Crippen LogP contribution in [0.1, 0.15) is 0 Å².